The van der Waals surface area contributed by atoms with Gasteiger partial charge in [-0.2, -0.15) is 0 Å². The minimum atomic E-state index is 0.945. The molecule has 1 aliphatic rings. The molecule has 0 aromatic heterocycles. The first kappa shape index (κ1) is 7.82. The molecule has 0 N–H and O–H groups in total. The van der Waals surface area contributed by atoms with Crippen LogP contribution >= 0.6 is 0 Å². The predicted molar refractivity (Wildman–Crippen MR) is 39.2 cm³/mol. The fourth-order valence-electron chi connectivity index (χ4n) is 1.01. The van der Waals surface area contributed by atoms with Gasteiger partial charge in [-0.15, -0.1) is 0 Å². The fourth-order valence-corrected chi connectivity index (χ4v) is 2.05. The Kier molecular flexibility index (Phi) is 3.93. The first-order valence-corrected chi connectivity index (χ1v) is 5.76. The van der Waals surface area contributed by atoms with E-state index in [1.165, 1.54) is 33.5 Å². The van der Waals surface area contributed by atoms with Crippen LogP contribution in [0, 0.1) is 0 Å². The second-order valence-corrected chi connectivity index (χ2v) is 3.89. The number of hydrogen-bond acceptors (Lipinski definition) is 2. The minimum absolute atomic E-state index is 0.945. The number of hydrogen-bond donors (Lipinski definition) is 0. The average Bonchev–Trinajstić information content (AvgIpc) is 1.91. The van der Waals surface area contributed by atoms with E-state index < -0.39 is 0 Å². The van der Waals surface area contributed by atoms with E-state index in [2.05, 4.69) is 4.90 Å². The Hall–Kier alpha value is 0.719. The van der Waals surface area contributed by atoms with Crippen LogP contribution in [0.15, 0.2) is 0 Å². The van der Waals surface area contributed by atoms with Crippen LogP contribution in [0.1, 0.15) is 0 Å². The van der Waals surface area contributed by atoms with Crippen molar-refractivity contribution in [2.24, 2.45) is 0 Å². The summed E-state index contributed by atoms with van der Waals surface area (Å²) in [7, 11) is 0. The molecule has 0 amide bonds. The van der Waals surface area contributed by atoms with E-state index in [0.717, 1.165) is 26.3 Å². The van der Waals surface area contributed by atoms with Crippen LogP contribution in [0.4, 0.5) is 0 Å². The van der Waals surface area contributed by atoms with Gasteiger partial charge in [-0.25, -0.2) is 0 Å². The summed E-state index contributed by atoms with van der Waals surface area (Å²) in [5.74, 6) is 0. The summed E-state index contributed by atoms with van der Waals surface area (Å²) in [6.07, 6.45) is 0. The van der Waals surface area contributed by atoms with E-state index in [-0.39, 0.29) is 0 Å². The molecule has 0 unspecified atom stereocenters. The van der Waals surface area contributed by atoms with Gasteiger partial charge in [0, 0.05) is 0 Å². The number of ether oxygens (including phenoxy) is 1. The summed E-state index contributed by atoms with van der Waals surface area (Å²) in [6.45, 7) is 5.49. The van der Waals surface area contributed by atoms with Crippen LogP contribution < -0.4 is 0 Å². The van der Waals surface area contributed by atoms with Crippen LogP contribution in [-0.4, -0.2) is 60.3 Å². The molecular weight excluding hydrogens is 221 g/mol. The van der Waals surface area contributed by atoms with Gasteiger partial charge in [-0.3, -0.25) is 0 Å². The van der Waals surface area contributed by atoms with Crippen molar-refractivity contribution in [2.45, 2.75) is 4.44 Å². The Morgan fingerprint density at radius 3 is 2.56 bits per heavy atom. The summed E-state index contributed by atoms with van der Waals surface area (Å²) in [5, 5.41) is 0. The zero-order chi connectivity index (χ0) is 6.53. The predicted octanol–water partition coefficient (Wildman–Crippen LogP) is -0.362. The zero-order valence-electron chi connectivity index (χ0n) is 5.68. The molecule has 0 aromatic rings. The molecule has 1 rings (SSSR count). The van der Waals surface area contributed by atoms with Crippen LogP contribution in [0.5, 0.6) is 0 Å². The van der Waals surface area contributed by atoms with Gasteiger partial charge in [0.15, 0.2) is 0 Å². The third kappa shape index (κ3) is 2.87. The van der Waals surface area contributed by atoms with Crippen molar-refractivity contribution in [3.05, 3.63) is 0 Å². The van der Waals surface area contributed by atoms with Crippen LogP contribution in [-0.2, 0) is 4.74 Å². The molecule has 1 heterocycles. The summed E-state index contributed by atoms with van der Waals surface area (Å²) < 4.78 is 6.61. The molecule has 3 heteroatoms. The van der Waals surface area contributed by atoms with Gasteiger partial charge in [0.2, 0.25) is 0 Å². The third-order valence-corrected chi connectivity index (χ3v) is 2.29. The standard InChI is InChI=1S/C6H12NO.Sn.H/c1-2-7-3-5-8-6-4-7;;/h1-6H2;;. The third-order valence-electron chi connectivity index (χ3n) is 1.55. The van der Waals surface area contributed by atoms with Crippen molar-refractivity contribution in [2.75, 3.05) is 32.8 Å². The molecule has 0 saturated carbocycles. The topological polar surface area (TPSA) is 12.5 Å². The zero-order valence-corrected chi connectivity index (χ0v) is 8.97. The molecule has 1 saturated heterocycles. The molecule has 0 aromatic carbocycles. The normalized spacial score (nSPS) is 22.3. The van der Waals surface area contributed by atoms with Crippen molar-refractivity contribution in [1.29, 1.82) is 0 Å². The maximum atomic E-state index is 5.21. The molecule has 0 atom stereocenters. The molecule has 9 heavy (non-hydrogen) atoms. The van der Waals surface area contributed by atoms with E-state index in [1.54, 1.807) is 0 Å². The average molecular weight is 234 g/mol. The summed E-state index contributed by atoms with van der Waals surface area (Å²) >= 11 is 1.40. The number of rotatable bonds is 2. The van der Waals surface area contributed by atoms with Crippen molar-refractivity contribution < 1.29 is 4.74 Å². The van der Waals surface area contributed by atoms with Crippen molar-refractivity contribution in [3.63, 3.8) is 0 Å². The SMILES string of the molecule is [SnH][CH2]CN1CCOCC1. The monoisotopic (exact) mass is 235 g/mol. The van der Waals surface area contributed by atoms with Crippen molar-refractivity contribution in [3.8, 4) is 0 Å². The van der Waals surface area contributed by atoms with Crippen molar-refractivity contribution in [1.82, 2.24) is 4.90 Å². The molecule has 0 bridgehead atoms. The van der Waals surface area contributed by atoms with Gasteiger partial charge < -0.3 is 0 Å². The summed E-state index contributed by atoms with van der Waals surface area (Å²) in [4.78, 5) is 2.48. The number of morpholine rings is 1. The van der Waals surface area contributed by atoms with Gasteiger partial charge >= 0.3 is 69.4 Å². The van der Waals surface area contributed by atoms with Gasteiger partial charge in [0.25, 0.3) is 0 Å². The van der Waals surface area contributed by atoms with Crippen LogP contribution in [0.3, 0.4) is 0 Å². The van der Waals surface area contributed by atoms with E-state index in [4.69, 9.17) is 4.74 Å². The quantitative estimate of drug-likeness (QED) is 0.605. The summed E-state index contributed by atoms with van der Waals surface area (Å²) in [6, 6.07) is 0. The van der Waals surface area contributed by atoms with Crippen LogP contribution in [0.25, 0.3) is 0 Å². The van der Waals surface area contributed by atoms with Gasteiger partial charge in [0.1, 0.15) is 0 Å². The van der Waals surface area contributed by atoms with Crippen molar-refractivity contribution >= 4 is 22.5 Å². The Labute approximate surface area is 69.6 Å². The molecule has 1 aliphatic heterocycles. The van der Waals surface area contributed by atoms with E-state index in [0.29, 0.717) is 0 Å². The maximum absolute atomic E-state index is 5.21. The first-order chi connectivity index (χ1) is 4.43. The Balaban J connectivity index is 2.08. The Morgan fingerprint density at radius 1 is 1.33 bits per heavy atom. The Bertz CT molecular complexity index is 70.7. The van der Waals surface area contributed by atoms with Gasteiger partial charge in [0.05, 0.1) is 0 Å². The molecule has 1 fully saturated rings. The molecule has 0 spiro atoms. The molecule has 0 aliphatic carbocycles. The van der Waals surface area contributed by atoms with E-state index in [9.17, 15) is 0 Å². The molecule has 52 valence electrons. The van der Waals surface area contributed by atoms with Gasteiger partial charge in [-0.1, -0.05) is 0 Å². The van der Waals surface area contributed by atoms with E-state index in [1.807, 2.05) is 0 Å². The molecule has 2 nitrogen and oxygen atoms in total. The molecule has 2 radical (unpaired) electrons. The Morgan fingerprint density at radius 2 is 2.00 bits per heavy atom. The molecular formula is C6H13NOSn. The van der Waals surface area contributed by atoms with Crippen LogP contribution in [0.2, 0.25) is 4.44 Å². The van der Waals surface area contributed by atoms with E-state index >= 15 is 0 Å². The number of nitrogens with zero attached hydrogens (tertiary/aromatic N) is 1. The second kappa shape index (κ2) is 4.52. The first-order valence-electron chi connectivity index (χ1n) is 3.43. The summed E-state index contributed by atoms with van der Waals surface area (Å²) in [5.41, 5.74) is 0. The second-order valence-electron chi connectivity index (χ2n) is 2.24. The fraction of sp³-hybridized carbons (Fsp3) is 1.00. The van der Waals surface area contributed by atoms with Gasteiger partial charge in [-0.05, 0) is 0 Å².